The molecule has 0 radical (unpaired) electrons. The zero-order valence-corrected chi connectivity index (χ0v) is 19.7. The maximum atomic E-state index is 12.6. The summed E-state index contributed by atoms with van der Waals surface area (Å²) in [6.07, 6.45) is 5.24. The van der Waals surface area contributed by atoms with Gasteiger partial charge < -0.3 is 10.6 Å². The Hall–Kier alpha value is -3.56. The van der Waals surface area contributed by atoms with E-state index in [1.54, 1.807) is 36.5 Å². The van der Waals surface area contributed by atoms with Crippen molar-refractivity contribution in [3.63, 3.8) is 0 Å². The first-order chi connectivity index (χ1) is 16.5. The van der Waals surface area contributed by atoms with Crippen molar-refractivity contribution in [1.82, 2.24) is 25.3 Å². The molecule has 1 aliphatic heterocycles. The number of carbonyl (C=O) groups excluding carboxylic acids is 3. The molecule has 0 spiro atoms. The highest BCUT2D eigenvalue weighted by molar-refractivity contribution is 8.18. The summed E-state index contributed by atoms with van der Waals surface area (Å²) in [5.41, 5.74) is 2.73. The number of urea groups is 1. The number of aromatic nitrogens is 2. The molecule has 174 valence electrons. The van der Waals surface area contributed by atoms with Crippen molar-refractivity contribution < 1.29 is 14.4 Å². The second-order valence-electron chi connectivity index (χ2n) is 7.48. The normalized spacial score (nSPS) is 14.6. The SMILES string of the molecule is O=C(NCCN1C(=O)SC(=Cc2ccccc2Cl)C1=O)NCc1ccc(Cn2cccn2)cc1. The molecule has 8 nitrogen and oxygen atoms in total. The lowest BCUT2D eigenvalue weighted by Crippen LogP contribution is -2.41. The predicted octanol–water partition coefficient (Wildman–Crippen LogP) is 4.12. The van der Waals surface area contributed by atoms with E-state index in [9.17, 15) is 14.4 Å². The van der Waals surface area contributed by atoms with Crippen molar-refractivity contribution in [3.8, 4) is 0 Å². The van der Waals surface area contributed by atoms with Crippen LogP contribution in [0.3, 0.4) is 0 Å². The van der Waals surface area contributed by atoms with Gasteiger partial charge >= 0.3 is 6.03 Å². The van der Waals surface area contributed by atoms with Gasteiger partial charge in [-0.15, -0.1) is 0 Å². The molecule has 4 amide bonds. The van der Waals surface area contributed by atoms with Crippen LogP contribution in [0.5, 0.6) is 0 Å². The van der Waals surface area contributed by atoms with Crippen molar-refractivity contribution in [1.29, 1.82) is 0 Å². The van der Waals surface area contributed by atoms with Gasteiger partial charge in [0.2, 0.25) is 0 Å². The number of hydrogen-bond donors (Lipinski definition) is 2. The third-order valence-electron chi connectivity index (χ3n) is 5.07. The summed E-state index contributed by atoms with van der Waals surface area (Å²) in [6, 6.07) is 16.5. The van der Waals surface area contributed by atoms with Crippen LogP contribution in [0.2, 0.25) is 5.02 Å². The molecule has 1 aliphatic rings. The van der Waals surface area contributed by atoms with Gasteiger partial charge in [-0.25, -0.2) is 4.79 Å². The first kappa shape index (κ1) is 23.6. The van der Waals surface area contributed by atoms with E-state index < -0.39 is 5.91 Å². The molecule has 2 N–H and O–H groups in total. The highest BCUT2D eigenvalue weighted by Gasteiger charge is 2.34. The van der Waals surface area contributed by atoms with Crippen LogP contribution in [0.15, 0.2) is 71.9 Å². The summed E-state index contributed by atoms with van der Waals surface area (Å²) in [7, 11) is 0. The maximum Gasteiger partial charge on any atom is 0.315 e. The topological polar surface area (TPSA) is 96.3 Å². The highest BCUT2D eigenvalue weighted by atomic mass is 35.5. The van der Waals surface area contributed by atoms with Gasteiger partial charge in [0.15, 0.2) is 0 Å². The molecule has 0 aliphatic carbocycles. The fraction of sp³-hybridized carbons (Fsp3) is 0.167. The van der Waals surface area contributed by atoms with Crippen molar-refractivity contribution in [2.75, 3.05) is 13.1 Å². The van der Waals surface area contributed by atoms with Crippen LogP contribution in [0, 0.1) is 0 Å². The Labute approximate surface area is 206 Å². The number of rotatable bonds is 8. The van der Waals surface area contributed by atoms with E-state index in [0.717, 1.165) is 27.8 Å². The molecule has 0 saturated carbocycles. The zero-order chi connectivity index (χ0) is 23.9. The number of carbonyl (C=O) groups is 3. The van der Waals surface area contributed by atoms with Crippen LogP contribution < -0.4 is 10.6 Å². The molecular formula is C24H22ClN5O3S. The van der Waals surface area contributed by atoms with E-state index >= 15 is 0 Å². The summed E-state index contributed by atoms with van der Waals surface area (Å²) >= 11 is 6.99. The number of nitrogens with zero attached hydrogens (tertiary/aromatic N) is 3. The Kier molecular flexibility index (Phi) is 7.66. The lowest BCUT2D eigenvalue weighted by Gasteiger charge is -2.13. The van der Waals surface area contributed by atoms with E-state index in [1.165, 1.54) is 0 Å². The molecule has 0 unspecified atom stereocenters. The Balaban J connectivity index is 1.21. The summed E-state index contributed by atoms with van der Waals surface area (Å²) in [5.74, 6) is -0.396. The Morgan fingerprint density at radius 3 is 2.53 bits per heavy atom. The van der Waals surface area contributed by atoms with E-state index in [2.05, 4.69) is 15.7 Å². The highest BCUT2D eigenvalue weighted by Crippen LogP contribution is 2.33. The van der Waals surface area contributed by atoms with Gasteiger partial charge in [0.1, 0.15) is 0 Å². The lowest BCUT2D eigenvalue weighted by atomic mass is 10.1. The van der Waals surface area contributed by atoms with Crippen molar-refractivity contribution >= 4 is 46.6 Å². The molecule has 3 aromatic rings. The molecule has 10 heteroatoms. The summed E-state index contributed by atoms with van der Waals surface area (Å²) < 4.78 is 1.84. The van der Waals surface area contributed by atoms with Crippen LogP contribution in [0.1, 0.15) is 16.7 Å². The molecule has 0 atom stereocenters. The number of thioether (sulfide) groups is 1. The minimum absolute atomic E-state index is 0.0834. The largest absolute Gasteiger partial charge is 0.336 e. The van der Waals surface area contributed by atoms with Gasteiger partial charge in [0, 0.05) is 37.1 Å². The Morgan fingerprint density at radius 1 is 1.03 bits per heavy atom. The number of halogens is 1. The monoisotopic (exact) mass is 495 g/mol. The second kappa shape index (κ2) is 11.0. The van der Waals surface area contributed by atoms with E-state index in [4.69, 9.17) is 11.6 Å². The van der Waals surface area contributed by atoms with Gasteiger partial charge in [-0.2, -0.15) is 5.10 Å². The quantitative estimate of drug-likeness (QED) is 0.458. The van der Waals surface area contributed by atoms with Gasteiger partial charge in [0.05, 0.1) is 11.4 Å². The Bertz CT molecular complexity index is 1210. The zero-order valence-electron chi connectivity index (χ0n) is 18.1. The molecule has 1 aromatic heterocycles. The van der Waals surface area contributed by atoms with Crippen LogP contribution >= 0.6 is 23.4 Å². The molecule has 2 heterocycles. The molecule has 1 fully saturated rings. The van der Waals surface area contributed by atoms with Crippen LogP contribution in [0.4, 0.5) is 9.59 Å². The van der Waals surface area contributed by atoms with Crippen LogP contribution in [-0.4, -0.2) is 44.9 Å². The Morgan fingerprint density at radius 2 is 1.79 bits per heavy atom. The summed E-state index contributed by atoms with van der Waals surface area (Å²) in [4.78, 5) is 38.4. The molecule has 34 heavy (non-hydrogen) atoms. The fourth-order valence-electron chi connectivity index (χ4n) is 3.30. The molecule has 1 saturated heterocycles. The third kappa shape index (κ3) is 6.06. The van der Waals surface area contributed by atoms with Gasteiger partial charge in [-0.3, -0.25) is 19.2 Å². The standard InChI is InChI=1S/C24H22ClN5O3S/c25-20-5-2-1-4-19(20)14-21-22(31)30(24(33)34-21)13-11-26-23(32)27-15-17-6-8-18(9-7-17)16-29-12-3-10-28-29/h1-10,12,14H,11,13,15-16H2,(H2,26,27,32). The number of benzene rings is 2. The van der Waals surface area contributed by atoms with Gasteiger partial charge in [-0.1, -0.05) is 54.1 Å². The minimum Gasteiger partial charge on any atom is -0.336 e. The number of hydrogen-bond acceptors (Lipinski definition) is 5. The predicted molar refractivity (Wildman–Crippen MR) is 132 cm³/mol. The third-order valence-corrected chi connectivity index (χ3v) is 6.32. The average molecular weight is 496 g/mol. The van der Waals surface area contributed by atoms with Crippen molar-refractivity contribution in [2.24, 2.45) is 0 Å². The van der Waals surface area contributed by atoms with E-state index in [-0.39, 0.29) is 24.4 Å². The number of nitrogens with one attached hydrogen (secondary N) is 2. The minimum atomic E-state index is -0.396. The van der Waals surface area contributed by atoms with Crippen LogP contribution in [-0.2, 0) is 17.9 Å². The van der Waals surface area contributed by atoms with E-state index in [0.29, 0.717) is 28.6 Å². The first-order valence-electron chi connectivity index (χ1n) is 10.6. The van der Waals surface area contributed by atoms with Gasteiger partial charge in [-0.05, 0) is 46.7 Å². The summed E-state index contributed by atoms with van der Waals surface area (Å²) in [6.45, 7) is 1.27. The average Bonchev–Trinajstić information content (AvgIpc) is 3.43. The second-order valence-corrected chi connectivity index (χ2v) is 8.88. The van der Waals surface area contributed by atoms with Crippen molar-refractivity contribution in [3.05, 3.63) is 93.6 Å². The molecule has 4 rings (SSSR count). The molecule has 0 bridgehead atoms. The number of amides is 4. The molecular weight excluding hydrogens is 474 g/mol. The smallest absolute Gasteiger partial charge is 0.315 e. The fourth-order valence-corrected chi connectivity index (χ4v) is 4.34. The molecule has 2 aromatic carbocycles. The van der Waals surface area contributed by atoms with Gasteiger partial charge in [0.25, 0.3) is 11.1 Å². The van der Waals surface area contributed by atoms with Crippen LogP contribution in [0.25, 0.3) is 6.08 Å². The maximum absolute atomic E-state index is 12.6. The van der Waals surface area contributed by atoms with Crippen molar-refractivity contribution in [2.45, 2.75) is 13.1 Å². The summed E-state index contributed by atoms with van der Waals surface area (Å²) in [5, 5.41) is 9.76. The lowest BCUT2D eigenvalue weighted by molar-refractivity contribution is -0.122. The van der Waals surface area contributed by atoms with E-state index in [1.807, 2.05) is 41.2 Å². The first-order valence-corrected chi connectivity index (χ1v) is 11.8. The number of imide groups is 1.